The first-order valence-corrected chi connectivity index (χ1v) is 3.35. The van der Waals surface area contributed by atoms with E-state index in [2.05, 4.69) is 0 Å². The van der Waals surface area contributed by atoms with Crippen LogP contribution in [0.25, 0.3) is 0 Å². The first-order chi connectivity index (χ1) is 9.19. The number of hydrogen-bond donors (Lipinski definition) is 2. The van der Waals surface area contributed by atoms with Gasteiger partial charge in [-0.15, -0.1) is 0 Å². The molecule has 4 nitrogen and oxygen atoms in total. The Kier molecular flexibility index (Phi) is 1.48. The second-order valence-electron chi connectivity index (χ2n) is 2.45. The van der Waals surface area contributed by atoms with Crippen molar-refractivity contribution in [2.75, 3.05) is 0 Å². The lowest BCUT2D eigenvalue weighted by Gasteiger charge is -2.23. The van der Waals surface area contributed by atoms with Crippen molar-refractivity contribution >= 4 is 11.9 Å². The molecule has 0 rings (SSSR count). The van der Waals surface area contributed by atoms with Crippen LogP contribution in [0.1, 0.15) is 50.3 Å². The molecule has 4 heteroatoms. The number of carboxylic acid groups (broad SMARTS) is 2. The number of carbonyl (C=O) groups is 2. The lowest BCUT2D eigenvalue weighted by Crippen LogP contribution is -2.39. The molecule has 0 unspecified atom stereocenters. The Morgan fingerprint density at radius 1 is 1.23 bits per heavy atom. The largest absolute Gasteiger partial charge is 0.480 e. The molecule has 0 saturated carbocycles. The summed E-state index contributed by atoms with van der Waals surface area (Å²) < 4.78 is 57.5. The lowest BCUT2D eigenvalue weighted by molar-refractivity contribution is -0.166. The summed E-state index contributed by atoms with van der Waals surface area (Å²) >= 11 is 0. The van der Waals surface area contributed by atoms with E-state index in [1.165, 1.54) is 0 Å². The van der Waals surface area contributed by atoms with E-state index in [1.54, 1.807) is 0 Å². The zero-order valence-electron chi connectivity index (χ0n) is 14.8. The third-order valence-electron chi connectivity index (χ3n) is 1.63. The average molecular weight is 196 g/mol. The Bertz CT molecular complexity index is 371. The van der Waals surface area contributed by atoms with Gasteiger partial charge in [-0.05, 0) is 12.8 Å². The first-order valence-electron chi connectivity index (χ1n) is 7.66. The topological polar surface area (TPSA) is 74.6 Å². The summed E-state index contributed by atoms with van der Waals surface area (Å²) in [6.45, 7) is -4.35. The van der Waals surface area contributed by atoms with E-state index in [0.29, 0.717) is 0 Å². The molecular formula is C9H16O4. The van der Waals surface area contributed by atoms with Gasteiger partial charge >= 0.3 is 11.9 Å². The van der Waals surface area contributed by atoms with Crippen molar-refractivity contribution in [2.45, 2.75) is 39.3 Å². The van der Waals surface area contributed by atoms with Crippen LogP contribution in [0, 0.1) is 5.41 Å². The first kappa shape index (κ1) is 3.98. The monoisotopic (exact) mass is 196 g/mol. The Hall–Kier alpha value is -1.06. The van der Waals surface area contributed by atoms with Crippen LogP contribution in [0.2, 0.25) is 0 Å². The Morgan fingerprint density at radius 2 is 1.62 bits per heavy atom. The van der Waals surface area contributed by atoms with Crippen molar-refractivity contribution in [1.29, 1.82) is 0 Å². The SMILES string of the molecule is [2H]C([2H])C([2H])([2H])CC(CC([2H])([2H])C([2H])[2H])(C(=O)O)C(=O)O. The summed E-state index contributed by atoms with van der Waals surface area (Å²) in [5, 5.41) is 18.3. The van der Waals surface area contributed by atoms with Gasteiger partial charge in [-0.25, -0.2) is 0 Å². The maximum atomic E-state index is 11.3. The summed E-state index contributed by atoms with van der Waals surface area (Å²) in [4.78, 5) is 22.6. The number of aliphatic carboxylic acids is 2. The van der Waals surface area contributed by atoms with E-state index >= 15 is 0 Å². The van der Waals surface area contributed by atoms with Gasteiger partial charge in [-0.1, -0.05) is 26.5 Å². The van der Waals surface area contributed by atoms with Crippen LogP contribution in [0.15, 0.2) is 0 Å². The quantitative estimate of drug-likeness (QED) is 0.634. The van der Waals surface area contributed by atoms with Gasteiger partial charge in [0.25, 0.3) is 0 Å². The zero-order valence-corrected chi connectivity index (χ0v) is 6.78. The summed E-state index contributed by atoms with van der Waals surface area (Å²) in [6.07, 6.45) is -8.25. The minimum atomic E-state index is -2.96. The predicted octanol–water partition coefficient (Wildman–Crippen LogP) is 1.74. The van der Waals surface area contributed by atoms with Gasteiger partial charge in [0.2, 0.25) is 0 Å². The second kappa shape index (κ2) is 4.84. The highest BCUT2D eigenvalue weighted by Gasteiger charge is 2.44. The van der Waals surface area contributed by atoms with Crippen LogP contribution in [-0.4, -0.2) is 22.2 Å². The van der Waals surface area contributed by atoms with E-state index in [0.717, 1.165) is 0 Å². The fraction of sp³-hybridized carbons (Fsp3) is 0.778. The van der Waals surface area contributed by atoms with Crippen molar-refractivity contribution < 1.29 is 30.8 Å². The molecule has 0 aliphatic heterocycles. The van der Waals surface area contributed by atoms with E-state index in [9.17, 15) is 9.59 Å². The fourth-order valence-corrected chi connectivity index (χ4v) is 0.805. The van der Waals surface area contributed by atoms with Crippen molar-refractivity contribution in [1.82, 2.24) is 0 Å². The minimum absolute atomic E-state index is 1.31. The van der Waals surface area contributed by atoms with Crippen LogP contribution in [-0.2, 0) is 9.59 Å². The van der Waals surface area contributed by atoms with E-state index in [-0.39, 0.29) is 0 Å². The summed E-state index contributed by atoms with van der Waals surface area (Å²) in [7, 11) is 0. The highest BCUT2D eigenvalue weighted by Crippen LogP contribution is 2.30. The molecule has 0 amide bonds. The molecule has 0 aromatic heterocycles. The molecule has 0 bridgehead atoms. The van der Waals surface area contributed by atoms with E-state index in [4.69, 9.17) is 21.2 Å². The lowest BCUT2D eigenvalue weighted by atomic mass is 9.79. The molecule has 0 aromatic rings. The smallest absolute Gasteiger partial charge is 0.321 e. The molecule has 0 radical (unpaired) electrons. The summed E-state index contributed by atoms with van der Waals surface area (Å²) in [5.74, 6) is -4.08. The average Bonchev–Trinajstić information content (AvgIpc) is 2.26. The molecule has 0 aliphatic carbocycles. The zero-order chi connectivity index (χ0) is 17.2. The maximum absolute atomic E-state index is 11.3. The van der Waals surface area contributed by atoms with Crippen molar-refractivity contribution in [2.24, 2.45) is 5.41 Å². The molecule has 2 N–H and O–H groups in total. The Morgan fingerprint density at radius 3 is 1.85 bits per heavy atom. The molecule has 0 heterocycles. The van der Waals surface area contributed by atoms with Gasteiger partial charge < -0.3 is 10.2 Å². The second-order valence-corrected chi connectivity index (χ2v) is 2.45. The number of carboxylic acids is 2. The molecule has 0 fully saturated rings. The normalized spacial score (nSPS) is 22.9. The molecule has 0 spiro atoms. The number of hydrogen-bond acceptors (Lipinski definition) is 2. The van der Waals surface area contributed by atoms with Crippen molar-refractivity contribution in [3.8, 4) is 0 Å². The minimum Gasteiger partial charge on any atom is -0.480 e. The van der Waals surface area contributed by atoms with E-state index in [1.807, 2.05) is 0 Å². The van der Waals surface area contributed by atoms with Crippen molar-refractivity contribution in [3.63, 3.8) is 0 Å². The molecule has 0 aliphatic rings. The molecule has 13 heavy (non-hydrogen) atoms. The molecule has 0 saturated heterocycles. The third-order valence-corrected chi connectivity index (χ3v) is 1.63. The van der Waals surface area contributed by atoms with Gasteiger partial charge in [0.05, 0.1) is 0 Å². The van der Waals surface area contributed by atoms with E-state index < -0.39 is 56.7 Å². The predicted molar refractivity (Wildman–Crippen MR) is 47.5 cm³/mol. The highest BCUT2D eigenvalue weighted by molar-refractivity contribution is 5.98. The molecule has 0 atom stereocenters. The van der Waals surface area contributed by atoms with Gasteiger partial charge in [0.15, 0.2) is 5.41 Å². The Balaban J connectivity index is 5.81. The highest BCUT2D eigenvalue weighted by atomic mass is 16.4. The van der Waals surface area contributed by atoms with Crippen LogP contribution < -0.4 is 0 Å². The van der Waals surface area contributed by atoms with Gasteiger partial charge in [0, 0.05) is 11.0 Å². The van der Waals surface area contributed by atoms with Gasteiger partial charge in [-0.3, -0.25) is 9.59 Å². The molecular weight excluding hydrogens is 172 g/mol. The molecule has 76 valence electrons. The van der Waals surface area contributed by atoms with Crippen LogP contribution in [0.4, 0.5) is 0 Å². The van der Waals surface area contributed by atoms with Crippen LogP contribution >= 0.6 is 0 Å². The summed E-state index contributed by atoms with van der Waals surface area (Å²) in [6, 6.07) is 0. The van der Waals surface area contributed by atoms with Crippen LogP contribution in [0.3, 0.4) is 0 Å². The number of rotatable bonds is 6. The Labute approximate surface area is 88.8 Å². The van der Waals surface area contributed by atoms with Gasteiger partial charge in [0.1, 0.15) is 0 Å². The standard InChI is InChI=1S/C9H16O4/c1-3-5-9(6-4-2,7(10)11)8(12)13/h3-6H2,1-2H3,(H,10,11)(H,12,13)/i1D2,2D2,3D2,4D2. The molecule has 0 aromatic carbocycles. The van der Waals surface area contributed by atoms with Crippen LogP contribution in [0.5, 0.6) is 0 Å². The maximum Gasteiger partial charge on any atom is 0.321 e. The third kappa shape index (κ3) is 2.44. The van der Waals surface area contributed by atoms with Crippen molar-refractivity contribution in [3.05, 3.63) is 0 Å². The fourth-order valence-electron chi connectivity index (χ4n) is 0.805. The van der Waals surface area contributed by atoms with Gasteiger partial charge in [-0.2, -0.15) is 0 Å². The summed E-state index contributed by atoms with van der Waals surface area (Å²) in [5.41, 5.74) is -2.96.